The van der Waals surface area contributed by atoms with Gasteiger partial charge >= 0.3 is 0 Å². The summed E-state index contributed by atoms with van der Waals surface area (Å²) in [5.74, 6) is 0.780. The van der Waals surface area contributed by atoms with Crippen LogP contribution in [0.25, 0.3) is 0 Å². The Labute approximate surface area is 217 Å². The van der Waals surface area contributed by atoms with Crippen LogP contribution >= 0.6 is 11.6 Å². The molecule has 1 N–H and O–H groups in total. The lowest BCUT2D eigenvalue weighted by molar-refractivity contribution is -0.128. The Morgan fingerprint density at radius 3 is 2.69 bits per heavy atom. The molecule has 5 rings (SSSR count). The van der Waals surface area contributed by atoms with Crippen molar-refractivity contribution in [1.82, 2.24) is 9.71 Å². The van der Waals surface area contributed by atoms with E-state index in [1.54, 1.807) is 18.2 Å². The summed E-state index contributed by atoms with van der Waals surface area (Å²) in [6.07, 6.45) is 6.57. The zero-order valence-electron chi connectivity index (χ0n) is 20.4. The zero-order valence-corrected chi connectivity index (χ0v) is 22.0. The normalized spacial score (nSPS) is 22.2. The van der Waals surface area contributed by atoms with Crippen molar-refractivity contribution >= 4 is 33.3 Å². The molecule has 1 aliphatic heterocycles. The lowest BCUT2D eigenvalue weighted by Crippen LogP contribution is -2.44. The standard InChI is InChI=1S/C26H32ClN3O5S/c1-18-17-30(14-15-34-18)23-8-5-9-24(28-23)36(32,33)29-25(31)26(12-13-26)35-22-16-20(27)10-11-21(22)19-6-3-2-4-7-19/h5,8-11,16,18-19H,2-4,6-7,12-15,17H2,1H3,(H,29,31)/t18-/m1/s1. The van der Waals surface area contributed by atoms with Crippen LogP contribution in [0.5, 0.6) is 5.75 Å². The van der Waals surface area contributed by atoms with Crippen LogP contribution in [0.15, 0.2) is 41.4 Å². The molecule has 0 spiro atoms. The molecule has 0 radical (unpaired) electrons. The second-order valence-electron chi connectivity index (χ2n) is 10.0. The van der Waals surface area contributed by atoms with E-state index >= 15 is 0 Å². The summed E-state index contributed by atoms with van der Waals surface area (Å²) in [5, 5.41) is 0.320. The van der Waals surface area contributed by atoms with Crippen LogP contribution in [0.2, 0.25) is 5.02 Å². The van der Waals surface area contributed by atoms with Crippen molar-refractivity contribution in [3.8, 4) is 5.75 Å². The molecule has 3 fully saturated rings. The van der Waals surface area contributed by atoms with Crippen LogP contribution in [0.3, 0.4) is 0 Å². The van der Waals surface area contributed by atoms with Gasteiger partial charge in [-0.25, -0.2) is 9.71 Å². The quantitative estimate of drug-likeness (QED) is 0.562. The van der Waals surface area contributed by atoms with Crippen molar-refractivity contribution in [2.24, 2.45) is 0 Å². The van der Waals surface area contributed by atoms with Crippen LogP contribution in [0, 0.1) is 0 Å². The molecule has 1 aromatic heterocycles. The molecule has 3 aliphatic rings. The number of morpholine rings is 1. The molecule has 1 atom stereocenters. The first-order chi connectivity index (χ1) is 17.3. The fraction of sp³-hybridized carbons (Fsp3) is 0.538. The second-order valence-corrected chi connectivity index (χ2v) is 12.1. The van der Waals surface area contributed by atoms with E-state index in [2.05, 4.69) is 9.71 Å². The van der Waals surface area contributed by atoms with E-state index < -0.39 is 21.5 Å². The molecule has 1 saturated heterocycles. The summed E-state index contributed by atoms with van der Waals surface area (Å²) in [6, 6.07) is 10.3. The molecule has 2 heterocycles. The van der Waals surface area contributed by atoms with Crippen molar-refractivity contribution in [2.45, 2.75) is 74.5 Å². The van der Waals surface area contributed by atoms with E-state index in [-0.39, 0.29) is 11.1 Å². The topological polar surface area (TPSA) is 97.8 Å². The molecule has 0 unspecified atom stereocenters. The van der Waals surface area contributed by atoms with Gasteiger partial charge in [-0.2, -0.15) is 8.42 Å². The smallest absolute Gasteiger partial charge is 0.281 e. The predicted octanol–water partition coefficient (Wildman–Crippen LogP) is 4.42. The lowest BCUT2D eigenvalue weighted by Gasteiger charge is -2.32. The molecular weight excluding hydrogens is 502 g/mol. The van der Waals surface area contributed by atoms with Crippen molar-refractivity contribution in [3.05, 3.63) is 47.0 Å². The molecule has 194 valence electrons. The van der Waals surface area contributed by atoms with Gasteiger partial charge in [0, 0.05) is 31.0 Å². The zero-order chi connectivity index (χ0) is 25.3. The molecule has 8 nitrogen and oxygen atoms in total. The number of carbonyl (C=O) groups is 1. The molecule has 1 aromatic carbocycles. The number of benzene rings is 1. The van der Waals surface area contributed by atoms with E-state index in [0.717, 1.165) is 31.2 Å². The number of pyridine rings is 1. The highest BCUT2D eigenvalue weighted by Crippen LogP contribution is 2.45. The number of carbonyl (C=O) groups excluding carboxylic acids is 1. The molecule has 0 bridgehead atoms. The number of aromatic nitrogens is 1. The first-order valence-electron chi connectivity index (χ1n) is 12.7. The maximum Gasteiger partial charge on any atom is 0.281 e. The van der Waals surface area contributed by atoms with E-state index in [4.69, 9.17) is 21.1 Å². The highest BCUT2D eigenvalue weighted by atomic mass is 35.5. The largest absolute Gasteiger partial charge is 0.477 e. The highest BCUT2D eigenvalue weighted by molar-refractivity contribution is 7.90. The number of hydrogen-bond donors (Lipinski definition) is 1. The molecule has 1 amide bonds. The van der Waals surface area contributed by atoms with Gasteiger partial charge in [-0.1, -0.05) is 43.0 Å². The van der Waals surface area contributed by atoms with Gasteiger partial charge in [0.05, 0.1) is 12.7 Å². The van der Waals surface area contributed by atoms with Crippen LogP contribution in [0.1, 0.15) is 63.4 Å². The Hall–Kier alpha value is -2.36. The molecule has 2 saturated carbocycles. The average molecular weight is 534 g/mol. The third-order valence-corrected chi connectivity index (χ3v) is 8.69. The third-order valence-electron chi connectivity index (χ3n) is 7.22. The van der Waals surface area contributed by atoms with Gasteiger partial charge in [-0.15, -0.1) is 0 Å². The number of amides is 1. The number of hydrogen-bond acceptors (Lipinski definition) is 7. The summed E-state index contributed by atoms with van der Waals surface area (Å²) in [7, 11) is -4.18. The first-order valence-corrected chi connectivity index (χ1v) is 14.5. The summed E-state index contributed by atoms with van der Waals surface area (Å²) in [5.41, 5.74) is -0.187. The fourth-order valence-corrected chi connectivity index (χ4v) is 6.24. The van der Waals surface area contributed by atoms with Gasteiger partial charge in [0.15, 0.2) is 10.6 Å². The average Bonchev–Trinajstić information content (AvgIpc) is 3.65. The Morgan fingerprint density at radius 1 is 1.19 bits per heavy atom. The minimum atomic E-state index is -4.18. The predicted molar refractivity (Wildman–Crippen MR) is 137 cm³/mol. The van der Waals surface area contributed by atoms with Crippen LogP contribution in [-0.2, 0) is 19.6 Å². The van der Waals surface area contributed by atoms with Crippen LogP contribution in [0.4, 0.5) is 5.82 Å². The van der Waals surface area contributed by atoms with Gasteiger partial charge in [0.2, 0.25) is 0 Å². The van der Waals surface area contributed by atoms with E-state index in [9.17, 15) is 13.2 Å². The Morgan fingerprint density at radius 2 is 1.97 bits per heavy atom. The van der Waals surface area contributed by atoms with Crippen LogP contribution < -0.4 is 14.4 Å². The van der Waals surface area contributed by atoms with E-state index in [0.29, 0.717) is 55.0 Å². The fourth-order valence-electron chi connectivity index (χ4n) is 5.07. The maximum atomic E-state index is 13.2. The van der Waals surface area contributed by atoms with Gasteiger partial charge in [0.25, 0.3) is 15.9 Å². The molecule has 2 aromatic rings. The van der Waals surface area contributed by atoms with Gasteiger partial charge in [0.1, 0.15) is 11.6 Å². The van der Waals surface area contributed by atoms with Crippen molar-refractivity contribution < 1.29 is 22.7 Å². The third kappa shape index (κ3) is 5.48. The SMILES string of the molecule is C[C@@H]1CN(c2cccc(S(=O)(=O)NC(=O)C3(Oc4cc(Cl)ccc4C4CCCCC4)CC3)n2)CCO1. The first kappa shape index (κ1) is 25.3. The van der Waals surface area contributed by atoms with Gasteiger partial charge < -0.3 is 14.4 Å². The van der Waals surface area contributed by atoms with E-state index in [1.165, 1.54) is 12.5 Å². The summed E-state index contributed by atoms with van der Waals surface area (Å²) in [6.45, 7) is 3.74. The number of nitrogens with zero attached hydrogens (tertiary/aromatic N) is 2. The Balaban J connectivity index is 1.32. The second kappa shape index (κ2) is 10.2. The molecular formula is C26H32ClN3O5S. The lowest BCUT2D eigenvalue weighted by atomic mass is 9.83. The number of nitrogens with one attached hydrogen (secondary N) is 1. The van der Waals surface area contributed by atoms with Gasteiger partial charge in [-0.05, 0) is 55.5 Å². The minimum Gasteiger partial charge on any atom is -0.477 e. The summed E-state index contributed by atoms with van der Waals surface area (Å²) >= 11 is 6.26. The van der Waals surface area contributed by atoms with Gasteiger partial charge in [-0.3, -0.25) is 4.79 Å². The van der Waals surface area contributed by atoms with Crippen LogP contribution in [-0.4, -0.2) is 50.7 Å². The monoisotopic (exact) mass is 533 g/mol. The molecule has 36 heavy (non-hydrogen) atoms. The Kier molecular flexibility index (Phi) is 7.16. The van der Waals surface area contributed by atoms with E-state index in [1.807, 2.05) is 24.0 Å². The number of ether oxygens (including phenoxy) is 2. The molecule has 10 heteroatoms. The summed E-state index contributed by atoms with van der Waals surface area (Å²) < 4.78 is 40.3. The number of halogens is 1. The molecule has 2 aliphatic carbocycles. The number of rotatable bonds is 7. The van der Waals surface area contributed by atoms with Crippen molar-refractivity contribution in [2.75, 3.05) is 24.6 Å². The number of sulfonamides is 1. The minimum absolute atomic E-state index is 0.0254. The van der Waals surface area contributed by atoms with Crippen molar-refractivity contribution in [3.63, 3.8) is 0 Å². The number of anilines is 1. The van der Waals surface area contributed by atoms with Crippen molar-refractivity contribution in [1.29, 1.82) is 0 Å². The highest BCUT2D eigenvalue weighted by Gasteiger charge is 2.54. The maximum absolute atomic E-state index is 13.2. The summed E-state index contributed by atoms with van der Waals surface area (Å²) in [4.78, 5) is 19.5. The Bertz CT molecular complexity index is 1230.